The summed E-state index contributed by atoms with van der Waals surface area (Å²) in [6.45, 7) is 4.30. The van der Waals surface area contributed by atoms with Crippen molar-refractivity contribution < 1.29 is 15.0 Å². The van der Waals surface area contributed by atoms with Gasteiger partial charge in [-0.15, -0.1) is 0 Å². The van der Waals surface area contributed by atoms with Gasteiger partial charge in [-0.2, -0.15) is 0 Å². The van der Waals surface area contributed by atoms with Crippen molar-refractivity contribution in [2.24, 2.45) is 0 Å². The summed E-state index contributed by atoms with van der Waals surface area (Å²) in [6, 6.07) is 1.51. The fourth-order valence-electron chi connectivity index (χ4n) is 1.56. The van der Waals surface area contributed by atoms with Crippen LogP contribution in [0.4, 0.5) is 0 Å². The third-order valence-electron chi connectivity index (χ3n) is 2.47. The van der Waals surface area contributed by atoms with Crippen LogP contribution in [-0.2, 0) is 0 Å². The number of nitrogens with zero attached hydrogens (tertiary/aromatic N) is 2. The summed E-state index contributed by atoms with van der Waals surface area (Å²) in [6.07, 6.45) is 3.24. The SMILES string of the molecule is CC(C)N(CCCO)C(=O)c1ccncc1O. The molecule has 0 saturated carbocycles. The van der Waals surface area contributed by atoms with Gasteiger partial charge in [-0.25, -0.2) is 0 Å². The molecule has 5 heteroatoms. The molecule has 0 aliphatic heterocycles. The fourth-order valence-corrected chi connectivity index (χ4v) is 1.56. The zero-order chi connectivity index (χ0) is 12.8. The Morgan fingerprint density at radius 2 is 2.24 bits per heavy atom. The molecule has 0 unspecified atom stereocenters. The van der Waals surface area contributed by atoms with Crippen molar-refractivity contribution in [3.63, 3.8) is 0 Å². The molecule has 0 radical (unpaired) electrons. The van der Waals surface area contributed by atoms with Crippen molar-refractivity contribution in [1.82, 2.24) is 9.88 Å². The van der Waals surface area contributed by atoms with Crippen molar-refractivity contribution in [3.05, 3.63) is 24.0 Å². The predicted octanol–water partition coefficient (Wildman–Crippen LogP) is 1.02. The normalized spacial score (nSPS) is 10.6. The van der Waals surface area contributed by atoms with Gasteiger partial charge >= 0.3 is 0 Å². The van der Waals surface area contributed by atoms with Gasteiger partial charge in [0.15, 0.2) is 0 Å². The molecule has 1 amide bonds. The molecule has 0 aliphatic rings. The van der Waals surface area contributed by atoms with Crippen LogP contribution in [0.25, 0.3) is 0 Å². The molecule has 5 nitrogen and oxygen atoms in total. The van der Waals surface area contributed by atoms with E-state index in [0.717, 1.165) is 0 Å². The van der Waals surface area contributed by atoms with Crippen LogP contribution in [0.1, 0.15) is 30.6 Å². The van der Waals surface area contributed by atoms with Crippen LogP contribution in [0, 0.1) is 0 Å². The standard InChI is InChI=1S/C12H18N2O3/c1-9(2)14(6-3-7-15)12(17)10-4-5-13-8-11(10)16/h4-5,8-9,15-16H,3,6-7H2,1-2H3. The summed E-state index contributed by atoms with van der Waals surface area (Å²) in [7, 11) is 0. The number of aliphatic hydroxyl groups excluding tert-OH is 1. The molecule has 0 atom stereocenters. The highest BCUT2D eigenvalue weighted by Gasteiger charge is 2.20. The Bertz CT molecular complexity index is 380. The molecular formula is C12H18N2O3. The highest BCUT2D eigenvalue weighted by atomic mass is 16.3. The van der Waals surface area contributed by atoms with Crippen LogP contribution in [0.5, 0.6) is 5.75 Å². The zero-order valence-corrected chi connectivity index (χ0v) is 10.1. The van der Waals surface area contributed by atoms with Crippen molar-refractivity contribution in [1.29, 1.82) is 0 Å². The molecule has 17 heavy (non-hydrogen) atoms. The second kappa shape index (κ2) is 6.20. The van der Waals surface area contributed by atoms with E-state index in [0.29, 0.717) is 13.0 Å². The highest BCUT2D eigenvalue weighted by Crippen LogP contribution is 2.17. The summed E-state index contributed by atoms with van der Waals surface area (Å²) in [5, 5.41) is 18.4. The Kier molecular flexibility index (Phi) is 4.90. The molecule has 94 valence electrons. The molecule has 2 N–H and O–H groups in total. The van der Waals surface area contributed by atoms with Gasteiger partial charge in [-0.3, -0.25) is 9.78 Å². The lowest BCUT2D eigenvalue weighted by molar-refractivity contribution is 0.0690. The van der Waals surface area contributed by atoms with Gasteiger partial charge in [0.25, 0.3) is 5.91 Å². The van der Waals surface area contributed by atoms with E-state index in [1.807, 2.05) is 13.8 Å². The highest BCUT2D eigenvalue weighted by molar-refractivity contribution is 5.96. The van der Waals surface area contributed by atoms with Crippen molar-refractivity contribution >= 4 is 5.91 Å². The minimum absolute atomic E-state index is 0.0154. The van der Waals surface area contributed by atoms with Crippen LogP contribution >= 0.6 is 0 Å². The van der Waals surface area contributed by atoms with Crippen molar-refractivity contribution in [3.8, 4) is 5.75 Å². The molecule has 0 aromatic carbocycles. The first-order valence-corrected chi connectivity index (χ1v) is 5.62. The number of hydrogen-bond acceptors (Lipinski definition) is 4. The maximum Gasteiger partial charge on any atom is 0.257 e. The minimum Gasteiger partial charge on any atom is -0.505 e. The molecular weight excluding hydrogens is 220 g/mol. The second-order valence-electron chi connectivity index (χ2n) is 4.06. The molecule has 0 spiro atoms. The van der Waals surface area contributed by atoms with Crippen LogP contribution in [0.3, 0.4) is 0 Å². The Hall–Kier alpha value is -1.62. The van der Waals surface area contributed by atoms with Crippen LogP contribution < -0.4 is 0 Å². The van der Waals surface area contributed by atoms with Gasteiger partial charge in [0.2, 0.25) is 0 Å². The molecule has 1 aromatic rings. The quantitative estimate of drug-likeness (QED) is 0.803. The fraction of sp³-hybridized carbons (Fsp3) is 0.500. The number of carbonyl (C=O) groups is 1. The topological polar surface area (TPSA) is 73.7 Å². The average Bonchev–Trinajstić information content (AvgIpc) is 2.29. The van der Waals surface area contributed by atoms with Gasteiger partial charge in [0.05, 0.1) is 11.8 Å². The minimum atomic E-state index is -0.242. The predicted molar refractivity (Wildman–Crippen MR) is 63.8 cm³/mol. The van der Waals surface area contributed by atoms with E-state index in [9.17, 15) is 9.90 Å². The summed E-state index contributed by atoms with van der Waals surface area (Å²) in [4.78, 5) is 17.5. The molecule has 0 aliphatic carbocycles. The first-order valence-electron chi connectivity index (χ1n) is 5.62. The second-order valence-corrected chi connectivity index (χ2v) is 4.06. The first-order chi connectivity index (χ1) is 8.07. The maximum absolute atomic E-state index is 12.2. The molecule has 1 rings (SSSR count). The number of carbonyl (C=O) groups excluding carboxylic acids is 1. The van der Waals surface area contributed by atoms with E-state index in [2.05, 4.69) is 4.98 Å². The third-order valence-corrected chi connectivity index (χ3v) is 2.47. The van der Waals surface area contributed by atoms with Gasteiger partial charge in [-0.05, 0) is 26.3 Å². The van der Waals surface area contributed by atoms with E-state index in [1.165, 1.54) is 18.5 Å². The Balaban J connectivity index is 2.88. The number of aromatic nitrogens is 1. The molecule has 1 heterocycles. The summed E-state index contributed by atoms with van der Waals surface area (Å²) in [5.41, 5.74) is 0.242. The van der Waals surface area contributed by atoms with E-state index in [4.69, 9.17) is 5.11 Å². The third kappa shape index (κ3) is 3.42. The van der Waals surface area contributed by atoms with E-state index < -0.39 is 0 Å². The number of aromatic hydroxyl groups is 1. The van der Waals surface area contributed by atoms with Gasteiger partial charge < -0.3 is 15.1 Å². The number of pyridine rings is 1. The largest absolute Gasteiger partial charge is 0.505 e. The Labute approximate surface area is 101 Å². The van der Waals surface area contributed by atoms with Gasteiger partial charge in [0, 0.05) is 25.4 Å². The molecule has 0 saturated heterocycles. The van der Waals surface area contributed by atoms with Crippen LogP contribution in [0.2, 0.25) is 0 Å². The number of hydrogen-bond donors (Lipinski definition) is 2. The zero-order valence-electron chi connectivity index (χ0n) is 10.1. The first kappa shape index (κ1) is 13.4. The monoisotopic (exact) mass is 238 g/mol. The van der Waals surface area contributed by atoms with Crippen LogP contribution in [-0.4, -0.2) is 45.2 Å². The summed E-state index contributed by atoms with van der Waals surface area (Å²) < 4.78 is 0. The van der Waals surface area contributed by atoms with Gasteiger partial charge in [-0.1, -0.05) is 0 Å². The van der Waals surface area contributed by atoms with Crippen LogP contribution in [0.15, 0.2) is 18.5 Å². The lowest BCUT2D eigenvalue weighted by Gasteiger charge is -2.26. The number of amides is 1. The van der Waals surface area contributed by atoms with E-state index >= 15 is 0 Å². The Morgan fingerprint density at radius 3 is 2.76 bits per heavy atom. The molecule has 0 bridgehead atoms. The number of rotatable bonds is 5. The van der Waals surface area contributed by atoms with Crippen molar-refractivity contribution in [2.75, 3.05) is 13.2 Å². The average molecular weight is 238 g/mol. The van der Waals surface area contributed by atoms with Gasteiger partial charge in [0.1, 0.15) is 5.75 Å². The van der Waals surface area contributed by atoms with Crippen molar-refractivity contribution in [2.45, 2.75) is 26.3 Å². The van der Waals surface area contributed by atoms with E-state index in [1.54, 1.807) is 4.90 Å². The lowest BCUT2D eigenvalue weighted by Crippen LogP contribution is -2.38. The molecule has 0 fully saturated rings. The molecule has 1 aromatic heterocycles. The number of aliphatic hydroxyl groups is 1. The Morgan fingerprint density at radius 1 is 1.53 bits per heavy atom. The summed E-state index contributed by atoms with van der Waals surface area (Å²) in [5.74, 6) is -0.361. The maximum atomic E-state index is 12.2. The lowest BCUT2D eigenvalue weighted by atomic mass is 10.2. The van der Waals surface area contributed by atoms with E-state index in [-0.39, 0.29) is 29.9 Å². The smallest absolute Gasteiger partial charge is 0.257 e. The summed E-state index contributed by atoms with van der Waals surface area (Å²) >= 11 is 0.